The van der Waals surface area contributed by atoms with Crippen molar-refractivity contribution in [3.05, 3.63) is 35.0 Å². The van der Waals surface area contributed by atoms with E-state index in [0.29, 0.717) is 18.4 Å². The molecule has 3 rings (SSSR count). The van der Waals surface area contributed by atoms with Crippen LogP contribution in [-0.4, -0.2) is 36.8 Å². The molecular weight excluding hydrogens is 276 g/mol. The first kappa shape index (κ1) is 12.5. The van der Waals surface area contributed by atoms with E-state index in [2.05, 4.69) is 36.5 Å². The van der Waals surface area contributed by atoms with Crippen LogP contribution >= 0.6 is 11.3 Å². The summed E-state index contributed by atoms with van der Waals surface area (Å²) in [4.78, 5) is 18.3. The van der Waals surface area contributed by atoms with Crippen molar-refractivity contribution in [3.63, 3.8) is 0 Å². The van der Waals surface area contributed by atoms with Crippen LogP contribution in [0.4, 0.5) is 11.9 Å². The molecule has 0 aliphatic heterocycles. The molecule has 0 atom stereocenters. The third-order valence-electron chi connectivity index (χ3n) is 2.59. The van der Waals surface area contributed by atoms with E-state index in [4.69, 9.17) is 5.73 Å². The average Bonchev–Trinajstić information content (AvgIpc) is 3.11. The Morgan fingerprint density at radius 3 is 2.95 bits per heavy atom. The Labute approximate surface area is 119 Å². The van der Waals surface area contributed by atoms with Gasteiger partial charge in [-0.3, -0.25) is 0 Å². The van der Waals surface area contributed by atoms with Gasteiger partial charge >= 0.3 is 0 Å². The van der Waals surface area contributed by atoms with Crippen LogP contribution in [0, 0.1) is 0 Å². The number of anilines is 2. The first-order chi connectivity index (χ1) is 9.72. The third-order valence-corrected chi connectivity index (χ3v) is 3.33. The molecule has 102 valence electrons. The van der Waals surface area contributed by atoms with Crippen LogP contribution in [0.3, 0.4) is 0 Å². The summed E-state index contributed by atoms with van der Waals surface area (Å²) in [7, 11) is 1.90. The minimum absolute atomic E-state index is 0.151. The Morgan fingerprint density at radius 2 is 2.25 bits per heavy atom. The Morgan fingerprint density at radius 1 is 1.35 bits per heavy atom. The molecule has 0 aliphatic rings. The van der Waals surface area contributed by atoms with Gasteiger partial charge < -0.3 is 10.6 Å². The fourth-order valence-corrected chi connectivity index (χ4v) is 2.34. The van der Waals surface area contributed by atoms with E-state index in [0.717, 1.165) is 0 Å². The van der Waals surface area contributed by atoms with E-state index < -0.39 is 0 Å². The van der Waals surface area contributed by atoms with Gasteiger partial charge in [0.25, 0.3) is 5.95 Å². The molecule has 0 amide bonds. The maximum Gasteiger partial charge on any atom is 0.258 e. The van der Waals surface area contributed by atoms with E-state index in [1.54, 1.807) is 11.3 Å². The van der Waals surface area contributed by atoms with Crippen LogP contribution in [-0.2, 0) is 6.54 Å². The van der Waals surface area contributed by atoms with E-state index >= 15 is 0 Å². The number of nitrogens with zero attached hydrogens (tertiary/aromatic N) is 7. The minimum Gasteiger partial charge on any atom is -0.368 e. The maximum atomic E-state index is 5.73. The fraction of sp³-hybridized carbons (Fsp3) is 0.182. The van der Waals surface area contributed by atoms with Gasteiger partial charge in [-0.2, -0.15) is 36.1 Å². The largest absolute Gasteiger partial charge is 0.368 e. The number of hydrogen-bond donors (Lipinski definition) is 1. The van der Waals surface area contributed by atoms with Crippen LogP contribution < -0.4 is 10.6 Å². The van der Waals surface area contributed by atoms with Crippen LogP contribution in [0.1, 0.15) is 5.56 Å². The zero-order valence-corrected chi connectivity index (χ0v) is 11.5. The van der Waals surface area contributed by atoms with Gasteiger partial charge in [0.2, 0.25) is 11.9 Å². The van der Waals surface area contributed by atoms with Crippen molar-refractivity contribution in [1.29, 1.82) is 0 Å². The first-order valence-electron chi connectivity index (χ1n) is 5.81. The molecule has 0 spiro atoms. The molecule has 0 aromatic carbocycles. The predicted octanol–water partition coefficient (Wildman–Crippen LogP) is 0.732. The second kappa shape index (κ2) is 5.21. The van der Waals surface area contributed by atoms with E-state index in [1.165, 1.54) is 22.9 Å². The van der Waals surface area contributed by atoms with E-state index in [-0.39, 0.29) is 5.95 Å². The van der Waals surface area contributed by atoms with Crippen LogP contribution in [0.15, 0.2) is 29.5 Å². The predicted molar refractivity (Wildman–Crippen MR) is 75.6 cm³/mol. The van der Waals surface area contributed by atoms with Gasteiger partial charge in [-0.1, -0.05) is 0 Å². The van der Waals surface area contributed by atoms with E-state index in [1.807, 2.05) is 17.3 Å². The standard InChI is InChI=1S/C11H12N8S/c1-18(4-8-2-3-20-5-8)10-15-9(12)16-11(17-10)19-7-13-6-14-19/h2-3,5-7H,4H2,1H3,(H2,12,15,16,17). The lowest BCUT2D eigenvalue weighted by molar-refractivity contribution is 0.776. The average molecular weight is 288 g/mol. The number of nitrogen functional groups attached to an aromatic ring is 1. The number of rotatable bonds is 4. The molecule has 0 saturated carbocycles. The normalized spacial score (nSPS) is 10.7. The topological polar surface area (TPSA) is 98.6 Å². The Hall–Kier alpha value is -2.55. The van der Waals surface area contributed by atoms with Crippen molar-refractivity contribution in [1.82, 2.24) is 29.7 Å². The zero-order chi connectivity index (χ0) is 13.9. The molecule has 3 heterocycles. The lowest BCUT2D eigenvalue weighted by Gasteiger charge is -2.16. The zero-order valence-electron chi connectivity index (χ0n) is 10.7. The number of nitrogens with two attached hydrogens (primary N) is 1. The van der Waals surface area contributed by atoms with Crippen molar-refractivity contribution >= 4 is 23.2 Å². The molecule has 3 aromatic heterocycles. The Kier molecular flexibility index (Phi) is 3.25. The summed E-state index contributed by atoms with van der Waals surface area (Å²) in [5.41, 5.74) is 6.92. The fourth-order valence-electron chi connectivity index (χ4n) is 1.68. The van der Waals surface area contributed by atoms with Gasteiger partial charge in [-0.25, -0.2) is 4.98 Å². The molecule has 0 radical (unpaired) electrons. The Balaban J connectivity index is 1.89. The van der Waals surface area contributed by atoms with Crippen LogP contribution in [0.2, 0.25) is 0 Å². The summed E-state index contributed by atoms with van der Waals surface area (Å²) in [6.45, 7) is 0.698. The molecule has 20 heavy (non-hydrogen) atoms. The summed E-state index contributed by atoms with van der Waals surface area (Å²) >= 11 is 1.65. The summed E-state index contributed by atoms with van der Waals surface area (Å²) in [5, 5.41) is 8.10. The molecule has 2 N–H and O–H groups in total. The molecule has 0 saturated heterocycles. The highest BCUT2D eigenvalue weighted by molar-refractivity contribution is 7.07. The van der Waals surface area contributed by atoms with Gasteiger partial charge in [-0.05, 0) is 22.4 Å². The van der Waals surface area contributed by atoms with Gasteiger partial charge in [0, 0.05) is 13.6 Å². The molecule has 8 nitrogen and oxygen atoms in total. The van der Waals surface area contributed by atoms with E-state index in [9.17, 15) is 0 Å². The van der Waals surface area contributed by atoms with Crippen LogP contribution in [0.5, 0.6) is 0 Å². The lowest BCUT2D eigenvalue weighted by atomic mass is 10.3. The molecule has 9 heteroatoms. The maximum absolute atomic E-state index is 5.73. The highest BCUT2D eigenvalue weighted by atomic mass is 32.1. The van der Waals surface area contributed by atoms with Crippen molar-refractivity contribution in [2.75, 3.05) is 17.7 Å². The minimum atomic E-state index is 0.151. The number of thiophene rings is 1. The number of hydrogen-bond acceptors (Lipinski definition) is 8. The monoisotopic (exact) mass is 288 g/mol. The summed E-state index contributed by atoms with van der Waals surface area (Å²) in [5.74, 6) is 0.994. The molecule has 0 unspecified atom stereocenters. The first-order valence-corrected chi connectivity index (χ1v) is 6.75. The molecule has 0 aliphatic carbocycles. The van der Waals surface area contributed by atoms with Crippen molar-refractivity contribution in [3.8, 4) is 5.95 Å². The summed E-state index contributed by atoms with van der Waals surface area (Å²) < 4.78 is 1.44. The third kappa shape index (κ3) is 2.57. The van der Waals surface area contributed by atoms with Gasteiger partial charge in [-0.15, -0.1) is 0 Å². The second-order valence-electron chi connectivity index (χ2n) is 4.12. The quantitative estimate of drug-likeness (QED) is 0.755. The summed E-state index contributed by atoms with van der Waals surface area (Å²) in [6, 6.07) is 2.06. The van der Waals surface area contributed by atoms with Crippen molar-refractivity contribution in [2.24, 2.45) is 0 Å². The van der Waals surface area contributed by atoms with Gasteiger partial charge in [0.05, 0.1) is 0 Å². The van der Waals surface area contributed by atoms with Gasteiger partial charge in [0.15, 0.2) is 0 Å². The van der Waals surface area contributed by atoms with Crippen molar-refractivity contribution in [2.45, 2.75) is 6.54 Å². The van der Waals surface area contributed by atoms with Gasteiger partial charge in [0.1, 0.15) is 12.7 Å². The van der Waals surface area contributed by atoms with Crippen LogP contribution in [0.25, 0.3) is 5.95 Å². The molecule has 0 fully saturated rings. The number of aromatic nitrogens is 6. The molecule has 0 bridgehead atoms. The smallest absolute Gasteiger partial charge is 0.258 e. The highest BCUT2D eigenvalue weighted by Gasteiger charge is 2.11. The SMILES string of the molecule is CN(Cc1ccsc1)c1nc(N)nc(-n2cncn2)n1. The molecular formula is C11H12N8S. The highest BCUT2D eigenvalue weighted by Crippen LogP contribution is 2.14. The lowest BCUT2D eigenvalue weighted by Crippen LogP contribution is -2.21. The molecule has 3 aromatic rings. The second-order valence-corrected chi connectivity index (χ2v) is 4.90. The Bertz CT molecular complexity index is 679. The summed E-state index contributed by atoms with van der Waals surface area (Å²) in [6.07, 6.45) is 2.92. The van der Waals surface area contributed by atoms with Crippen molar-refractivity contribution < 1.29 is 0 Å².